The summed E-state index contributed by atoms with van der Waals surface area (Å²) >= 11 is 0. The molecule has 242 valence electrons. The number of carbonyl (C=O) groups excluding carboxylic acids is 2. The van der Waals surface area contributed by atoms with Gasteiger partial charge in [-0.3, -0.25) is 29.5 Å². The number of ether oxygens (including phenoxy) is 2. The van der Waals surface area contributed by atoms with E-state index in [9.17, 15) is 19.7 Å². The molecule has 2 saturated heterocycles. The van der Waals surface area contributed by atoms with Crippen LogP contribution in [0.25, 0.3) is 0 Å². The van der Waals surface area contributed by atoms with Crippen molar-refractivity contribution in [1.82, 2.24) is 19.6 Å². The molecule has 43 heavy (non-hydrogen) atoms. The summed E-state index contributed by atoms with van der Waals surface area (Å²) in [5.41, 5.74) is 0.178. The van der Waals surface area contributed by atoms with E-state index >= 15 is 0 Å². The Morgan fingerprint density at radius 1 is 0.744 bits per heavy atom. The third-order valence-corrected chi connectivity index (χ3v) is 7.61. The first kappa shape index (κ1) is 34.9. The largest absolute Gasteiger partial charge is 0.459 e. The molecule has 2 aliphatic heterocycles. The van der Waals surface area contributed by atoms with Gasteiger partial charge in [-0.25, -0.2) is 0 Å². The van der Waals surface area contributed by atoms with Crippen LogP contribution in [-0.2, 0) is 25.5 Å². The second kappa shape index (κ2) is 15.9. The molecule has 11 nitrogen and oxygen atoms in total. The molecule has 2 fully saturated rings. The van der Waals surface area contributed by atoms with Crippen LogP contribution in [0, 0.1) is 16.0 Å². The molecule has 0 N–H and O–H groups in total. The molecule has 3 rings (SSSR count). The van der Waals surface area contributed by atoms with E-state index in [1.165, 1.54) is 0 Å². The number of carbonyl (C=O) groups is 2. The van der Waals surface area contributed by atoms with Crippen molar-refractivity contribution in [2.75, 3.05) is 78.5 Å². The highest BCUT2D eigenvalue weighted by molar-refractivity contribution is 5.72. The van der Waals surface area contributed by atoms with E-state index in [1.54, 1.807) is 12.1 Å². The standard InChI is InChI=1S/C32H53N5O6/c1-31(2,3)42-29(38)24-35-15-7-13-34-18-20-36(25-30(39)43-32(4,5)6)16-8-14-33(17-19-35)22-27(23-34)21-26-9-11-28(12-10-26)37(40)41/h9-12,27H,7-8,13-25H2,1-6H3. The van der Waals surface area contributed by atoms with Crippen molar-refractivity contribution in [1.29, 1.82) is 0 Å². The lowest BCUT2D eigenvalue weighted by atomic mass is 9.97. The number of nitro benzene ring substituents is 1. The van der Waals surface area contributed by atoms with Crippen LogP contribution >= 0.6 is 0 Å². The van der Waals surface area contributed by atoms with Crippen molar-refractivity contribution >= 4 is 17.6 Å². The molecule has 1 aromatic carbocycles. The van der Waals surface area contributed by atoms with Crippen LogP contribution in [0.4, 0.5) is 5.69 Å². The highest BCUT2D eigenvalue weighted by atomic mass is 16.6. The van der Waals surface area contributed by atoms with Gasteiger partial charge in [-0.05, 0) is 85.4 Å². The van der Waals surface area contributed by atoms with Crippen molar-refractivity contribution in [3.05, 3.63) is 39.9 Å². The third-order valence-electron chi connectivity index (χ3n) is 7.61. The minimum Gasteiger partial charge on any atom is -0.459 e. The number of hydrogen-bond acceptors (Lipinski definition) is 10. The summed E-state index contributed by atoms with van der Waals surface area (Å²) in [4.78, 5) is 45.6. The number of nitro groups is 1. The Bertz CT molecular complexity index is 998. The Kier molecular flexibility index (Phi) is 12.9. The lowest BCUT2D eigenvalue weighted by molar-refractivity contribution is -0.384. The normalized spacial score (nSPS) is 23.6. The van der Waals surface area contributed by atoms with Crippen LogP contribution < -0.4 is 0 Å². The van der Waals surface area contributed by atoms with Gasteiger partial charge in [0.2, 0.25) is 0 Å². The van der Waals surface area contributed by atoms with Gasteiger partial charge < -0.3 is 19.3 Å². The van der Waals surface area contributed by atoms with E-state index < -0.39 is 11.2 Å². The van der Waals surface area contributed by atoms with Crippen molar-refractivity contribution < 1.29 is 24.0 Å². The van der Waals surface area contributed by atoms with Gasteiger partial charge in [0, 0.05) is 64.5 Å². The Morgan fingerprint density at radius 2 is 1.19 bits per heavy atom. The number of benzene rings is 1. The maximum atomic E-state index is 12.7. The summed E-state index contributed by atoms with van der Waals surface area (Å²) in [6, 6.07) is 6.93. The quantitative estimate of drug-likeness (QED) is 0.261. The molecule has 0 amide bonds. The van der Waals surface area contributed by atoms with E-state index in [0.717, 1.165) is 90.3 Å². The number of non-ortho nitro benzene ring substituents is 1. The Hall–Kier alpha value is -2.60. The molecular formula is C32H53N5O6. The predicted molar refractivity (Wildman–Crippen MR) is 167 cm³/mol. The van der Waals surface area contributed by atoms with Crippen LogP contribution in [0.2, 0.25) is 0 Å². The predicted octanol–water partition coefficient (Wildman–Crippen LogP) is 3.45. The summed E-state index contributed by atoms with van der Waals surface area (Å²) < 4.78 is 11.3. The molecule has 2 unspecified atom stereocenters. The Labute approximate surface area is 257 Å². The molecule has 2 aliphatic rings. The smallest absolute Gasteiger partial charge is 0.320 e. The fourth-order valence-corrected chi connectivity index (χ4v) is 5.85. The zero-order valence-electron chi connectivity index (χ0n) is 27.2. The van der Waals surface area contributed by atoms with Crippen molar-refractivity contribution in [3.8, 4) is 0 Å². The number of esters is 2. The van der Waals surface area contributed by atoms with Gasteiger partial charge in [0.1, 0.15) is 11.2 Å². The second-order valence-corrected chi connectivity index (χ2v) is 14.0. The summed E-state index contributed by atoms with van der Waals surface area (Å²) in [6.07, 6.45) is 2.66. The van der Waals surface area contributed by atoms with E-state index in [4.69, 9.17) is 9.47 Å². The SMILES string of the molecule is CC(C)(C)OC(=O)CN1CCCN2CCN(CC(=O)OC(C)(C)C)CCCN(CC1)CC(Cc1ccc([N+](=O)[O-])cc1)C2. The maximum absolute atomic E-state index is 12.7. The molecule has 11 heteroatoms. The van der Waals surface area contributed by atoms with E-state index in [-0.39, 0.29) is 35.6 Å². The monoisotopic (exact) mass is 603 g/mol. The third kappa shape index (κ3) is 13.7. The Balaban J connectivity index is 1.78. The van der Waals surface area contributed by atoms with Crippen LogP contribution in [0.15, 0.2) is 24.3 Å². The maximum Gasteiger partial charge on any atom is 0.320 e. The first-order chi connectivity index (χ1) is 20.1. The van der Waals surface area contributed by atoms with Crippen molar-refractivity contribution in [3.63, 3.8) is 0 Å². The topological polar surface area (TPSA) is 109 Å². The van der Waals surface area contributed by atoms with Crippen LogP contribution in [0.1, 0.15) is 59.9 Å². The van der Waals surface area contributed by atoms with Crippen molar-refractivity contribution in [2.24, 2.45) is 5.92 Å². The molecule has 0 aliphatic carbocycles. The molecule has 2 bridgehead atoms. The summed E-state index contributed by atoms with van der Waals surface area (Å²) in [5.74, 6) is -0.0577. The molecule has 1 aromatic rings. The first-order valence-corrected chi connectivity index (χ1v) is 15.7. The van der Waals surface area contributed by atoms with Gasteiger partial charge in [0.05, 0.1) is 18.0 Å². The number of nitrogens with zero attached hydrogens (tertiary/aromatic N) is 5. The van der Waals surface area contributed by atoms with Gasteiger partial charge in [-0.1, -0.05) is 12.1 Å². The van der Waals surface area contributed by atoms with Crippen LogP contribution in [0.5, 0.6) is 0 Å². The molecular weight excluding hydrogens is 550 g/mol. The Morgan fingerprint density at radius 3 is 1.58 bits per heavy atom. The van der Waals surface area contributed by atoms with E-state index in [0.29, 0.717) is 5.92 Å². The minimum atomic E-state index is -0.512. The van der Waals surface area contributed by atoms with Gasteiger partial charge in [-0.2, -0.15) is 0 Å². The zero-order valence-corrected chi connectivity index (χ0v) is 27.2. The zero-order chi connectivity index (χ0) is 31.6. The minimum absolute atomic E-state index is 0.107. The highest BCUT2D eigenvalue weighted by Gasteiger charge is 2.26. The highest BCUT2D eigenvalue weighted by Crippen LogP contribution is 2.19. The lowest BCUT2D eigenvalue weighted by Gasteiger charge is -2.31. The average Bonchev–Trinajstić information content (AvgIpc) is 2.92. The molecule has 0 radical (unpaired) electrons. The number of fused-ring (bicyclic) bond motifs is 4. The molecule has 2 heterocycles. The van der Waals surface area contributed by atoms with E-state index in [2.05, 4.69) is 19.6 Å². The fraction of sp³-hybridized carbons (Fsp3) is 0.750. The van der Waals surface area contributed by atoms with Gasteiger partial charge in [-0.15, -0.1) is 0 Å². The van der Waals surface area contributed by atoms with Gasteiger partial charge in [0.15, 0.2) is 0 Å². The second-order valence-electron chi connectivity index (χ2n) is 14.0. The average molecular weight is 604 g/mol. The summed E-state index contributed by atoms with van der Waals surface area (Å²) in [6.45, 7) is 20.3. The van der Waals surface area contributed by atoms with E-state index in [1.807, 2.05) is 53.7 Å². The lowest BCUT2D eigenvalue weighted by Crippen LogP contribution is -2.43. The molecule has 0 aromatic heterocycles. The van der Waals surface area contributed by atoms with Crippen LogP contribution in [-0.4, -0.2) is 126 Å². The van der Waals surface area contributed by atoms with Gasteiger partial charge in [0.25, 0.3) is 5.69 Å². The van der Waals surface area contributed by atoms with Crippen molar-refractivity contribution in [2.45, 2.75) is 72.0 Å². The first-order valence-electron chi connectivity index (χ1n) is 15.7. The molecule has 0 saturated carbocycles. The summed E-state index contributed by atoms with van der Waals surface area (Å²) in [7, 11) is 0. The fourth-order valence-electron chi connectivity index (χ4n) is 5.85. The molecule has 0 spiro atoms. The number of hydrogen-bond donors (Lipinski definition) is 0. The van der Waals surface area contributed by atoms with Gasteiger partial charge >= 0.3 is 11.9 Å². The molecule has 2 atom stereocenters. The summed E-state index contributed by atoms with van der Waals surface area (Å²) in [5, 5.41) is 11.2. The van der Waals surface area contributed by atoms with Crippen LogP contribution in [0.3, 0.4) is 0 Å². The number of rotatable bonds is 7.